The smallest absolute Gasteiger partial charge is 0.243 e. The number of halogens is 1. The molecule has 0 atom stereocenters. The number of para-hydroxylation sites is 1. The lowest BCUT2D eigenvalue weighted by Crippen LogP contribution is -2.28. The van der Waals surface area contributed by atoms with Gasteiger partial charge in [0.1, 0.15) is 5.69 Å². The molecular formula is C26H20BrN5OS. The Labute approximate surface area is 210 Å². The number of amidine groups is 1. The van der Waals surface area contributed by atoms with Crippen LogP contribution in [0.2, 0.25) is 0 Å². The van der Waals surface area contributed by atoms with Gasteiger partial charge in [0, 0.05) is 21.8 Å². The van der Waals surface area contributed by atoms with Crippen molar-refractivity contribution >= 4 is 50.7 Å². The number of nitrogens with zero attached hydrogens (tertiary/aromatic N) is 5. The molecule has 0 saturated carbocycles. The van der Waals surface area contributed by atoms with E-state index in [-0.39, 0.29) is 5.91 Å². The van der Waals surface area contributed by atoms with Gasteiger partial charge in [0.15, 0.2) is 5.17 Å². The summed E-state index contributed by atoms with van der Waals surface area (Å²) in [5.41, 5.74) is 5.54. The first-order valence-electron chi connectivity index (χ1n) is 10.6. The zero-order chi connectivity index (χ0) is 23.5. The summed E-state index contributed by atoms with van der Waals surface area (Å²) >= 11 is 4.86. The van der Waals surface area contributed by atoms with E-state index in [0.717, 1.165) is 32.7 Å². The number of benzene rings is 3. The average molecular weight is 530 g/mol. The third-order valence-corrected chi connectivity index (χ3v) is 6.72. The fourth-order valence-electron chi connectivity index (χ4n) is 3.55. The minimum atomic E-state index is -0.00597. The molecule has 6 nitrogen and oxygen atoms in total. The Hall–Kier alpha value is -3.49. The van der Waals surface area contributed by atoms with Crippen molar-refractivity contribution in [3.63, 3.8) is 0 Å². The predicted octanol–water partition coefficient (Wildman–Crippen LogP) is 6.08. The van der Waals surface area contributed by atoms with Gasteiger partial charge in [-0.1, -0.05) is 75.7 Å². The van der Waals surface area contributed by atoms with Gasteiger partial charge in [-0.2, -0.15) is 10.2 Å². The highest BCUT2D eigenvalue weighted by Gasteiger charge is 2.29. The number of anilines is 1. The third kappa shape index (κ3) is 4.73. The van der Waals surface area contributed by atoms with Gasteiger partial charge >= 0.3 is 0 Å². The first-order valence-corrected chi connectivity index (χ1v) is 12.4. The van der Waals surface area contributed by atoms with E-state index in [1.807, 2.05) is 65.5 Å². The SMILES string of the molecule is Cc1ccc(-c2nn(-c3ccc(Br)cc3)cc2/C=N/N=C2/SCC(=O)N2c2ccccc2)cc1. The summed E-state index contributed by atoms with van der Waals surface area (Å²) in [5.74, 6) is 0.341. The van der Waals surface area contributed by atoms with Crippen LogP contribution < -0.4 is 4.90 Å². The molecule has 1 aliphatic rings. The second kappa shape index (κ2) is 9.79. The Kier molecular flexibility index (Phi) is 6.42. The standard InChI is InChI=1S/C26H20BrN5OS/c1-18-7-9-19(10-8-18)25-20(16-31(30-25)22-13-11-21(27)12-14-22)15-28-29-26-32(24(33)17-34-26)23-5-3-2-4-6-23/h2-16H,17H2,1H3/b28-15+,29-26+. The molecule has 1 amide bonds. The van der Waals surface area contributed by atoms with Gasteiger partial charge in [0.05, 0.1) is 23.3 Å². The molecule has 0 bridgehead atoms. The van der Waals surface area contributed by atoms with Crippen molar-refractivity contribution in [2.24, 2.45) is 10.2 Å². The Balaban J connectivity index is 1.50. The van der Waals surface area contributed by atoms with Crippen LogP contribution in [0.3, 0.4) is 0 Å². The van der Waals surface area contributed by atoms with Crippen LogP contribution >= 0.6 is 27.7 Å². The van der Waals surface area contributed by atoms with Gasteiger partial charge in [0.25, 0.3) is 0 Å². The zero-order valence-corrected chi connectivity index (χ0v) is 20.7. The fraction of sp³-hybridized carbons (Fsp3) is 0.0769. The van der Waals surface area contributed by atoms with Crippen molar-refractivity contribution in [2.75, 3.05) is 10.7 Å². The number of aryl methyl sites for hydroxylation is 1. The van der Waals surface area contributed by atoms with E-state index < -0.39 is 0 Å². The van der Waals surface area contributed by atoms with E-state index >= 15 is 0 Å². The van der Waals surface area contributed by atoms with Crippen LogP contribution in [0.1, 0.15) is 11.1 Å². The maximum atomic E-state index is 12.4. The highest BCUT2D eigenvalue weighted by Crippen LogP contribution is 2.27. The van der Waals surface area contributed by atoms with Crippen molar-refractivity contribution in [1.82, 2.24) is 9.78 Å². The van der Waals surface area contributed by atoms with Gasteiger partial charge < -0.3 is 0 Å². The predicted molar refractivity (Wildman–Crippen MR) is 143 cm³/mol. The Morgan fingerprint density at radius 2 is 1.71 bits per heavy atom. The number of hydrogen-bond donors (Lipinski definition) is 0. The van der Waals surface area contributed by atoms with Crippen molar-refractivity contribution in [3.8, 4) is 16.9 Å². The van der Waals surface area contributed by atoms with E-state index in [9.17, 15) is 4.79 Å². The van der Waals surface area contributed by atoms with Gasteiger partial charge in [-0.05, 0) is 43.3 Å². The number of carbonyl (C=O) groups excluding carboxylic acids is 1. The number of hydrogen-bond acceptors (Lipinski definition) is 5. The molecule has 5 rings (SSSR count). The lowest BCUT2D eigenvalue weighted by atomic mass is 10.1. The summed E-state index contributed by atoms with van der Waals surface area (Å²) in [6, 6.07) is 25.7. The Morgan fingerprint density at radius 1 is 0.971 bits per heavy atom. The maximum Gasteiger partial charge on any atom is 0.243 e. The second-order valence-corrected chi connectivity index (χ2v) is 9.56. The topological polar surface area (TPSA) is 62.9 Å². The van der Waals surface area contributed by atoms with Crippen LogP contribution in [0.5, 0.6) is 0 Å². The van der Waals surface area contributed by atoms with Crippen LogP contribution in [0.4, 0.5) is 5.69 Å². The number of amides is 1. The molecule has 1 saturated heterocycles. The second-order valence-electron chi connectivity index (χ2n) is 7.70. The van der Waals surface area contributed by atoms with E-state index in [1.54, 1.807) is 11.1 Å². The molecule has 4 aromatic rings. The van der Waals surface area contributed by atoms with E-state index in [4.69, 9.17) is 5.10 Å². The number of rotatable bonds is 5. The summed E-state index contributed by atoms with van der Waals surface area (Å²) in [7, 11) is 0. The van der Waals surface area contributed by atoms with Crippen LogP contribution in [-0.4, -0.2) is 32.8 Å². The molecule has 0 N–H and O–H groups in total. The van der Waals surface area contributed by atoms with Crippen LogP contribution in [-0.2, 0) is 4.79 Å². The molecule has 0 radical (unpaired) electrons. The summed E-state index contributed by atoms with van der Waals surface area (Å²) in [6.07, 6.45) is 3.63. The number of carbonyl (C=O) groups is 1. The van der Waals surface area contributed by atoms with Crippen molar-refractivity contribution in [1.29, 1.82) is 0 Å². The summed E-state index contributed by atoms with van der Waals surface area (Å²) in [4.78, 5) is 14.0. The largest absolute Gasteiger partial charge is 0.273 e. The van der Waals surface area contributed by atoms with Gasteiger partial charge in [0.2, 0.25) is 5.91 Å². The van der Waals surface area contributed by atoms with E-state index in [0.29, 0.717) is 10.9 Å². The third-order valence-electron chi connectivity index (χ3n) is 5.28. The molecule has 1 fully saturated rings. The van der Waals surface area contributed by atoms with Crippen molar-refractivity contribution in [3.05, 3.63) is 101 Å². The van der Waals surface area contributed by atoms with Crippen LogP contribution in [0.15, 0.2) is 99.7 Å². The average Bonchev–Trinajstić information content (AvgIpc) is 3.44. The lowest BCUT2D eigenvalue weighted by Gasteiger charge is -2.14. The van der Waals surface area contributed by atoms with Crippen LogP contribution in [0.25, 0.3) is 16.9 Å². The van der Waals surface area contributed by atoms with Gasteiger partial charge in [-0.3, -0.25) is 9.69 Å². The first-order chi connectivity index (χ1) is 16.6. The van der Waals surface area contributed by atoms with Crippen molar-refractivity contribution < 1.29 is 4.79 Å². The number of aromatic nitrogens is 2. The first kappa shape index (κ1) is 22.3. The zero-order valence-electron chi connectivity index (χ0n) is 18.3. The molecule has 0 aliphatic carbocycles. The fourth-order valence-corrected chi connectivity index (χ4v) is 4.64. The Bertz CT molecular complexity index is 1380. The molecule has 1 aliphatic heterocycles. The quantitative estimate of drug-likeness (QED) is 0.232. The molecule has 1 aromatic heterocycles. The molecule has 8 heteroatoms. The molecular weight excluding hydrogens is 510 g/mol. The molecule has 0 unspecified atom stereocenters. The highest BCUT2D eigenvalue weighted by atomic mass is 79.9. The summed E-state index contributed by atoms with van der Waals surface area (Å²) < 4.78 is 2.84. The summed E-state index contributed by atoms with van der Waals surface area (Å²) in [6.45, 7) is 2.06. The van der Waals surface area contributed by atoms with E-state index in [2.05, 4.69) is 57.3 Å². The van der Waals surface area contributed by atoms with Crippen LogP contribution in [0, 0.1) is 6.92 Å². The maximum absolute atomic E-state index is 12.4. The van der Waals surface area contributed by atoms with Gasteiger partial charge in [-0.25, -0.2) is 4.68 Å². The number of thioether (sulfide) groups is 1. The minimum absolute atomic E-state index is 0.00597. The van der Waals surface area contributed by atoms with E-state index in [1.165, 1.54) is 17.3 Å². The lowest BCUT2D eigenvalue weighted by molar-refractivity contribution is -0.115. The highest BCUT2D eigenvalue weighted by molar-refractivity contribution is 9.10. The molecule has 3 aromatic carbocycles. The molecule has 34 heavy (non-hydrogen) atoms. The molecule has 0 spiro atoms. The van der Waals surface area contributed by atoms with Gasteiger partial charge in [-0.15, -0.1) is 5.10 Å². The molecule has 2 heterocycles. The Morgan fingerprint density at radius 3 is 2.44 bits per heavy atom. The minimum Gasteiger partial charge on any atom is -0.273 e. The molecule has 168 valence electrons. The summed E-state index contributed by atoms with van der Waals surface area (Å²) in [5, 5.41) is 14.1. The monoisotopic (exact) mass is 529 g/mol. The van der Waals surface area contributed by atoms with Crippen molar-refractivity contribution in [2.45, 2.75) is 6.92 Å². The normalized spacial score (nSPS) is 15.1.